The summed E-state index contributed by atoms with van der Waals surface area (Å²) in [5.74, 6) is 0.497. The number of pyridine rings is 1. The maximum atomic E-state index is 12.3. The van der Waals surface area contributed by atoms with Gasteiger partial charge in [0.05, 0.1) is 19.0 Å². The van der Waals surface area contributed by atoms with Crippen molar-refractivity contribution in [3.05, 3.63) is 77.7 Å². The fourth-order valence-corrected chi connectivity index (χ4v) is 4.00. The molecule has 4 rings (SSSR count). The summed E-state index contributed by atoms with van der Waals surface area (Å²) in [7, 11) is 0. The predicted octanol–water partition coefficient (Wildman–Crippen LogP) is 2.56. The second-order valence-corrected chi connectivity index (χ2v) is 8.45. The Labute approximate surface area is 206 Å². The van der Waals surface area contributed by atoms with Crippen LogP contribution in [0.1, 0.15) is 23.6 Å². The number of fused-ring (bicyclic) bond motifs is 1. The molecule has 1 unspecified atom stereocenters. The van der Waals surface area contributed by atoms with Gasteiger partial charge in [0.1, 0.15) is 12.2 Å². The van der Waals surface area contributed by atoms with Gasteiger partial charge in [0.2, 0.25) is 0 Å². The molecular weight excluding hydrogens is 475 g/mol. The molecule has 3 heterocycles. The van der Waals surface area contributed by atoms with E-state index in [0.717, 1.165) is 24.3 Å². The van der Waals surface area contributed by atoms with Crippen molar-refractivity contribution in [3.63, 3.8) is 0 Å². The normalized spacial score (nSPS) is 19.4. The Morgan fingerprint density at radius 1 is 1.25 bits per heavy atom. The average Bonchev–Trinajstić information content (AvgIpc) is 3.29. The van der Waals surface area contributed by atoms with Crippen LogP contribution in [0.15, 0.2) is 66.4 Å². The van der Waals surface area contributed by atoms with Crippen LogP contribution in [0.4, 0.5) is 18.0 Å². The Bertz CT molecular complexity index is 1220. The lowest BCUT2D eigenvalue weighted by molar-refractivity contribution is -0.122. The van der Waals surface area contributed by atoms with Crippen molar-refractivity contribution in [2.75, 3.05) is 32.8 Å². The van der Waals surface area contributed by atoms with Crippen LogP contribution in [0.2, 0.25) is 0 Å². The molecule has 36 heavy (non-hydrogen) atoms. The van der Waals surface area contributed by atoms with E-state index < -0.39 is 18.8 Å². The molecule has 0 spiro atoms. The summed E-state index contributed by atoms with van der Waals surface area (Å²) < 4.78 is 44.2. The van der Waals surface area contributed by atoms with E-state index in [1.54, 1.807) is 35.8 Å². The first-order valence-electron chi connectivity index (χ1n) is 11.4. The third kappa shape index (κ3) is 6.39. The van der Waals surface area contributed by atoms with Crippen molar-refractivity contribution in [1.29, 1.82) is 0 Å². The second kappa shape index (κ2) is 10.8. The number of nitrogens with zero attached hydrogens (tertiary/aromatic N) is 3. The number of urea groups is 1. The highest BCUT2D eigenvalue weighted by atomic mass is 19.4. The van der Waals surface area contributed by atoms with E-state index in [9.17, 15) is 18.0 Å². The molecule has 1 atom stereocenters. The van der Waals surface area contributed by atoms with Gasteiger partial charge in [-0.3, -0.25) is 0 Å². The molecule has 2 aromatic heterocycles. The summed E-state index contributed by atoms with van der Waals surface area (Å²) in [6.45, 7) is 1.36. The lowest BCUT2D eigenvalue weighted by atomic mass is 9.95. The number of halogens is 3. The molecule has 12 heteroatoms. The van der Waals surface area contributed by atoms with Gasteiger partial charge in [-0.25, -0.2) is 9.78 Å². The zero-order chi connectivity index (χ0) is 25.7. The number of carbonyl (C=O) groups excluding carboxylic acids is 1. The first kappa shape index (κ1) is 25.2. The number of aromatic nitrogens is 2. The van der Waals surface area contributed by atoms with Gasteiger partial charge in [-0.2, -0.15) is 13.2 Å². The SMILES string of the molecule is N/C(=C\C=C(/N)N1CCOCC1)c1ccn2c(C3C=CC=C(NC(=O)NCC(F)(F)F)C3)cnc2c1. The molecule has 192 valence electrons. The van der Waals surface area contributed by atoms with Crippen LogP contribution in [0.3, 0.4) is 0 Å². The number of allylic oxidation sites excluding steroid dienone is 6. The molecule has 2 aliphatic rings. The average molecular weight is 504 g/mol. The summed E-state index contributed by atoms with van der Waals surface area (Å²) in [5.41, 5.74) is 15.8. The molecule has 6 N–H and O–H groups in total. The Morgan fingerprint density at radius 3 is 2.78 bits per heavy atom. The first-order valence-corrected chi connectivity index (χ1v) is 11.4. The fraction of sp³-hybridized carbons (Fsp3) is 0.333. The van der Waals surface area contributed by atoms with E-state index in [1.165, 1.54) is 0 Å². The van der Waals surface area contributed by atoms with Crippen molar-refractivity contribution in [2.24, 2.45) is 11.5 Å². The Kier molecular flexibility index (Phi) is 7.53. The van der Waals surface area contributed by atoms with Crippen LogP contribution >= 0.6 is 0 Å². The van der Waals surface area contributed by atoms with Crippen LogP contribution in [0, 0.1) is 0 Å². The molecule has 1 aliphatic carbocycles. The molecule has 0 aromatic carbocycles. The van der Waals surface area contributed by atoms with Crippen LogP contribution in [0.25, 0.3) is 11.3 Å². The van der Waals surface area contributed by atoms with Crippen LogP contribution in [-0.4, -0.2) is 59.3 Å². The molecule has 2 aromatic rings. The number of ether oxygens (including phenoxy) is 1. The van der Waals surface area contributed by atoms with Crippen molar-refractivity contribution in [3.8, 4) is 0 Å². The summed E-state index contributed by atoms with van der Waals surface area (Å²) in [6.07, 6.45) is 8.43. The van der Waals surface area contributed by atoms with E-state index in [0.29, 0.717) is 42.5 Å². The molecular formula is C24H28F3N7O2. The predicted molar refractivity (Wildman–Crippen MR) is 129 cm³/mol. The highest BCUT2D eigenvalue weighted by Gasteiger charge is 2.28. The van der Waals surface area contributed by atoms with Gasteiger partial charge in [-0.1, -0.05) is 12.2 Å². The topological polar surface area (TPSA) is 123 Å². The molecule has 0 bridgehead atoms. The minimum absolute atomic E-state index is 0.127. The number of nitrogens with two attached hydrogens (primary N) is 2. The maximum Gasteiger partial charge on any atom is 0.405 e. The Morgan fingerprint density at radius 2 is 2.03 bits per heavy atom. The molecule has 1 aliphatic heterocycles. The smallest absolute Gasteiger partial charge is 0.398 e. The number of imidazole rings is 1. The van der Waals surface area contributed by atoms with E-state index in [2.05, 4.69) is 10.3 Å². The van der Waals surface area contributed by atoms with Gasteiger partial charge in [0.15, 0.2) is 0 Å². The third-order valence-electron chi connectivity index (χ3n) is 5.87. The maximum absolute atomic E-state index is 12.3. The summed E-state index contributed by atoms with van der Waals surface area (Å²) >= 11 is 0. The number of nitrogens with one attached hydrogen (secondary N) is 2. The van der Waals surface area contributed by atoms with Gasteiger partial charge >= 0.3 is 12.2 Å². The van der Waals surface area contributed by atoms with Gasteiger partial charge in [-0.15, -0.1) is 0 Å². The lowest BCUT2D eigenvalue weighted by Crippen LogP contribution is -2.40. The standard InChI is InChI=1S/C24H28F3N7O2/c25-24(26,27)15-31-23(35)32-18-3-1-2-17(12-18)20-14-30-22-13-16(6-7-34(20)22)19(28)4-5-21(29)33-8-10-36-11-9-33/h1-7,13-14,17H,8-12,15,28-29H2,(H2,31,32,35)/b19-4-,21-5+. The minimum atomic E-state index is -4.47. The summed E-state index contributed by atoms with van der Waals surface area (Å²) in [6, 6.07) is 2.83. The molecule has 0 saturated carbocycles. The van der Waals surface area contributed by atoms with Gasteiger partial charge in [0, 0.05) is 54.1 Å². The second-order valence-electron chi connectivity index (χ2n) is 8.45. The molecule has 1 saturated heterocycles. The monoisotopic (exact) mass is 503 g/mol. The minimum Gasteiger partial charge on any atom is -0.398 e. The summed E-state index contributed by atoms with van der Waals surface area (Å²) in [5, 5.41) is 4.29. The van der Waals surface area contributed by atoms with Crippen molar-refractivity contribution < 1.29 is 22.7 Å². The number of rotatable bonds is 6. The van der Waals surface area contributed by atoms with E-state index in [1.807, 2.05) is 33.7 Å². The zero-order valence-electron chi connectivity index (χ0n) is 19.5. The third-order valence-corrected chi connectivity index (χ3v) is 5.87. The number of hydrogen-bond acceptors (Lipinski definition) is 6. The largest absolute Gasteiger partial charge is 0.405 e. The van der Waals surface area contributed by atoms with E-state index in [4.69, 9.17) is 16.2 Å². The molecule has 1 fully saturated rings. The Balaban J connectivity index is 1.42. The number of morpholine rings is 1. The lowest BCUT2D eigenvalue weighted by Gasteiger charge is -2.28. The molecule has 0 radical (unpaired) electrons. The van der Waals surface area contributed by atoms with Gasteiger partial charge in [0.25, 0.3) is 0 Å². The van der Waals surface area contributed by atoms with Gasteiger partial charge < -0.3 is 36.1 Å². The van der Waals surface area contributed by atoms with Crippen LogP contribution < -0.4 is 22.1 Å². The first-order chi connectivity index (χ1) is 17.2. The number of alkyl halides is 3. The van der Waals surface area contributed by atoms with Crippen molar-refractivity contribution in [2.45, 2.75) is 18.5 Å². The number of amides is 2. The summed E-state index contributed by atoms with van der Waals surface area (Å²) in [4.78, 5) is 18.3. The Hall–Kier alpha value is -3.93. The molecule has 2 amide bonds. The van der Waals surface area contributed by atoms with E-state index >= 15 is 0 Å². The van der Waals surface area contributed by atoms with Crippen LogP contribution in [-0.2, 0) is 4.74 Å². The quantitative estimate of drug-likeness (QED) is 0.450. The molecule has 9 nitrogen and oxygen atoms in total. The van der Waals surface area contributed by atoms with Gasteiger partial charge in [-0.05, 0) is 36.8 Å². The number of carbonyl (C=O) groups is 1. The van der Waals surface area contributed by atoms with E-state index in [-0.39, 0.29) is 5.92 Å². The van der Waals surface area contributed by atoms with Crippen LogP contribution in [0.5, 0.6) is 0 Å². The van der Waals surface area contributed by atoms with Crippen molar-refractivity contribution >= 4 is 17.4 Å². The highest BCUT2D eigenvalue weighted by molar-refractivity contribution is 5.76. The number of hydrogen-bond donors (Lipinski definition) is 4. The van der Waals surface area contributed by atoms with Crippen molar-refractivity contribution in [1.82, 2.24) is 24.9 Å². The highest BCUT2D eigenvalue weighted by Crippen LogP contribution is 2.28. The zero-order valence-corrected chi connectivity index (χ0v) is 19.5. The fourth-order valence-electron chi connectivity index (χ4n) is 4.00.